The molecule has 0 saturated heterocycles. The average Bonchev–Trinajstić information content (AvgIpc) is 2.48. The summed E-state index contributed by atoms with van der Waals surface area (Å²) in [4.78, 5) is 12.8. The quantitative estimate of drug-likeness (QED) is 0.639. The molecule has 0 aliphatic carbocycles. The normalized spacial score (nSPS) is 11.5. The Morgan fingerprint density at radius 1 is 0.909 bits per heavy atom. The van der Waals surface area contributed by atoms with Gasteiger partial charge in [0.15, 0.2) is 0 Å². The molecule has 0 N–H and O–H groups in total. The van der Waals surface area contributed by atoms with Gasteiger partial charge in [-0.15, -0.1) is 0 Å². The fourth-order valence-corrected chi connectivity index (χ4v) is 5.66. The Morgan fingerprint density at radius 2 is 1.45 bits per heavy atom. The summed E-state index contributed by atoms with van der Waals surface area (Å²) < 4.78 is 25.7. The van der Waals surface area contributed by atoms with Gasteiger partial charge in [0, 0.05) is 5.56 Å². The van der Waals surface area contributed by atoms with E-state index < -0.39 is 26.1 Å². The van der Waals surface area contributed by atoms with E-state index in [0.29, 0.717) is 5.56 Å². The maximum absolute atomic E-state index is 12.8. The van der Waals surface area contributed by atoms with Crippen molar-refractivity contribution in [3.05, 3.63) is 65.7 Å². The zero-order valence-electron chi connectivity index (χ0n) is 12.7. The zero-order chi connectivity index (χ0) is 16.3. The van der Waals surface area contributed by atoms with Crippen molar-refractivity contribution in [3.63, 3.8) is 0 Å². The molecule has 5 heteroatoms. The summed E-state index contributed by atoms with van der Waals surface area (Å²) >= 11 is 0. The predicted molar refractivity (Wildman–Crippen MR) is 93.6 cm³/mol. The summed E-state index contributed by atoms with van der Waals surface area (Å²) in [7, 11) is -4.47. The molecule has 0 aliphatic heterocycles. The van der Waals surface area contributed by atoms with Gasteiger partial charge in [-0.05, 0) is 31.6 Å². The van der Waals surface area contributed by atoms with Crippen LogP contribution in [0.15, 0.2) is 59.5 Å². The highest BCUT2D eigenvalue weighted by molar-refractivity contribution is 8.32. The molecule has 2 aromatic carbocycles. The number of ketones is 1. The lowest BCUT2D eigenvalue weighted by molar-refractivity contribution is 0.107. The lowest BCUT2D eigenvalue weighted by Crippen LogP contribution is -2.25. The number of Topliss-reactive ketones (excluding diaryl/α,β-unsaturated/α-hetero) is 1. The van der Waals surface area contributed by atoms with E-state index in [-0.39, 0.29) is 9.09 Å². The number of aryl methyl sites for hydroxylation is 1. The summed E-state index contributed by atoms with van der Waals surface area (Å²) in [6, 6.07) is 15.1. The smallest absolute Gasteiger partial charge is 0.215 e. The summed E-state index contributed by atoms with van der Waals surface area (Å²) in [5.74, 6) is -0.422. The Morgan fingerprint density at radius 3 is 1.95 bits per heavy atom. The molecule has 0 radical (unpaired) electrons. The number of carbonyl (C=O) groups is 1. The Bertz CT molecular complexity index is 814. The minimum absolute atomic E-state index is 0.0393. The third-order valence-corrected chi connectivity index (χ3v) is 7.32. The second-order valence-electron chi connectivity index (χ2n) is 5.12. The fraction of sp³-hybridized carbons (Fsp3) is 0.176. The summed E-state index contributed by atoms with van der Waals surface area (Å²) in [5, 5.41) is 0. The van der Waals surface area contributed by atoms with E-state index in [2.05, 4.69) is 0 Å². The molecule has 0 unspecified atom stereocenters. The van der Waals surface area contributed by atoms with Crippen LogP contribution in [0.25, 0.3) is 0 Å². The van der Waals surface area contributed by atoms with Gasteiger partial charge in [0.05, 0.1) is 4.90 Å². The van der Waals surface area contributed by atoms with Crippen LogP contribution >= 0.6 is 10.5 Å². The number of sulfone groups is 1. The molecule has 0 fully saturated rings. The van der Waals surface area contributed by atoms with Gasteiger partial charge in [-0.25, -0.2) is 8.42 Å². The van der Waals surface area contributed by atoms with Gasteiger partial charge in [0.1, 0.15) is 4.20 Å². The SMILES string of the molecule is Cc1ccc(S(=O)(=O)C(C(=O)c2ccccc2)=S(C)C)cc1. The van der Waals surface area contributed by atoms with Crippen LogP contribution in [0, 0.1) is 6.92 Å². The van der Waals surface area contributed by atoms with Crippen LogP contribution in [0.1, 0.15) is 15.9 Å². The summed E-state index contributed by atoms with van der Waals surface area (Å²) in [6.45, 7) is 1.89. The van der Waals surface area contributed by atoms with Crippen LogP contribution in [0.3, 0.4) is 0 Å². The van der Waals surface area contributed by atoms with Gasteiger partial charge >= 0.3 is 0 Å². The maximum atomic E-state index is 12.8. The lowest BCUT2D eigenvalue weighted by atomic mass is 10.1. The summed E-state index contributed by atoms with van der Waals surface area (Å²) in [6.07, 6.45) is 3.50. The van der Waals surface area contributed by atoms with E-state index in [4.69, 9.17) is 0 Å². The minimum atomic E-state index is -3.78. The second kappa shape index (κ2) is 6.58. The first-order valence-corrected chi connectivity index (χ1v) is 10.2. The zero-order valence-corrected chi connectivity index (χ0v) is 14.4. The second-order valence-corrected chi connectivity index (χ2v) is 9.30. The van der Waals surface area contributed by atoms with Gasteiger partial charge in [-0.1, -0.05) is 48.0 Å². The third-order valence-electron chi connectivity index (χ3n) is 3.17. The molecule has 22 heavy (non-hydrogen) atoms. The number of rotatable bonds is 3. The van der Waals surface area contributed by atoms with Crippen LogP contribution < -0.4 is 0 Å². The number of carbonyl (C=O) groups excluding carboxylic acids is 1. The third kappa shape index (κ3) is 3.36. The van der Waals surface area contributed by atoms with Crippen LogP contribution in [-0.4, -0.2) is 30.9 Å². The van der Waals surface area contributed by atoms with Crippen molar-refractivity contribution in [1.82, 2.24) is 0 Å². The van der Waals surface area contributed by atoms with Crippen LogP contribution in [0.4, 0.5) is 0 Å². The van der Waals surface area contributed by atoms with Gasteiger partial charge in [-0.2, -0.15) is 10.5 Å². The maximum Gasteiger partial charge on any atom is 0.215 e. The Labute approximate surface area is 133 Å². The van der Waals surface area contributed by atoms with Crippen molar-refractivity contribution >= 4 is 30.3 Å². The highest BCUT2D eigenvalue weighted by Gasteiger charge is 2.29. The molecule has 0 bridgehead atoms. The van der Waals surface area contributed by atoms with Gasteiger partial charge < -0.3 is 0 Å². The first kappa shape index (κ1) is 16.6. The molecule has 0 heterocycles. The van der Waals surface area contributed by atoms with Crippen molar-refractivity contribution < 1.29 is 13.2 Å². The van der Waals surface area contributed by atoms with Crippen molar-refractivity contribution in [2.75, 3.05) is 12.5 Å². The highest BCUT2D eigenvalue weighted by atomic mass is 32.2. The molecule has 0 amide bonds. The van der Waals surface area contributed by atoms with Crippen LogP contribution in [0.2, 0.25) is 0 Å². The van der Waals surface area contributed by atoms with E-state index in [1.807, 2.05) is 6.92 Å². The molecule has 0 atom stereocenters. The van der Waals surface area contributed by atoms with E-state index in [9.17, 15) is 13.2 Å². The molecule has 0 aromatic heterocycles. The molecular formula is C17H18O3S2. The van der Waals surface area contributed by atoms with Crippen molar-refractivity contribution in [2.45, 2.75) is 11.8 Å². The molecule has 0 spiro atoms. The highest BCUT2D eigenvalue weighted by Crippen LogP contribution is 2.22. The summed E-state index contributed by atoms with van der Waals surface area (Å²) in [5.41, 5.74) is 1.37. The number of hydrogen-bond donors (Lipinski definition) is 0. The van der Waals surface area contributed by atoms with Crippen molar-refractivity contribution in [1.29, 1.82) is 0 Å². The molecule has 0 saturated carbocycles. The standard InChI is InChI=1S/C17H18O3S2/c1-13-9-11-15(12-10-13)22(19,20)17(21(2)3)16(18)14-7-5-4-6-8-14/h4-12H,1-3H3. The monoisotopic (exact) mass is 334 g/mol. The molecule has 2 rings (SSSR count). The molecular weight excluding hydrogens is 316 g/mol. The van der Waals surface area contributed by atoms with Gasteiger partial charge in [0.25, 0.3) is 0 Å². The average molecular weight is 334 g/mol. The van der Waals surface area contributed by atoms with Crippen molar-refractivity contribution in [3.8, 4) is 0 Å². The molecule has 0 aliphatic rings. The van der Waals surface area contributed by atoms with Crippen molar-refractivity contribution in [2.24, 2.45) is 0 Å². The van der Waals surface area contributed by atoms with E-state index >= 15 is 0 Å². The Kier molecular flexibility index (Phi) is 4.98. The van der Waals surface area contributed by atoms with E-state index in [1.165, 1.54) is 0 Å². The molecule has 3 nitrogen and oxygen atoms in total. The number of hydrogen-bond acceptors (Lipinski definition) is 3. The fourth-order valence-electron chi connectivity index (χ4n) is 2.06. The first-order valence-electron chi connectivity index (χ1n) is 6.70. The Hall–Kier alpha value is -1.72. The van der Waals surface area contributed by atoms with Crippen LogP contribution in [-0.2, 0) is 9.84 Å². The van der Waals surface area contributed by atoms with Gasteiger partial charge in [-0.3, -0.25) is 4.79 Å². The first-order chi connectivity index (χ1) is 10.3. The predicted octanol–water partition coefficient (Wildman–Crippen LogP) is 3.31. The molecule has 116 valence electrons. The lowest BCUT2D eigenvalue weighted by Gasteiger charge is -2.11. The van der Waals surface area contributed by atoms with E-state index in [1.54, 1.807) is 67.1 Å². The van der Waals surface area contributed by atoms with Crippen LogP contribution in [0.5, 0.6) is 0 Å². The topological polar surface area (TPSA) is 51.2 Å². The minimum Gasteiger partial charge on any atom is -0.287 e. The van der Waals surface area contributed by atoms with Gasteiger partial charge in [0.2, 0.25) is 15.6 Å². The largest absolute Gasteiger partial charge is 0.287 e. The Balaban J connectivity index is 2.56. The molecule has 2 aromatic rings. The number of benzene rings is 2. The van der Waals surface area contributed by atoms with E-state index in [0.717, 1.165) is 5.56 Å².